The fraction of sp³-hybridized carbons (Fsp3) is 0.933. The Bertz CT molecular complexity index is 1390. The van der Waals surface area contributed by atoms with E-state index in [0.29, 0.717) is 31.1 Å². The van der Waals surface area contributed by atoms with Crippen LogP contribution in [0.2, 0.25) is 0 Å². The molecule has 7 fully saturated rings. The van der Waals surface area contributed by atoms with E-state index in [-0.39, 0.29) is 54.1 Å². The Morgan fingerprint density at radius 2 is 1.70 bits per heavy atom. The highest BCUT2D eigenvalue weighted by molar-refractivity contribution is 5.95. The van der Waals surface area contributed by atoms with Crippen molar-refractivity contribution in [2.75, 3.05) is 6.54 Å². The van der Waals surface area contributed by atoms with Gasteiger partial charge in [-0.2, -0.15) is 0 Å². The number of piperidine rings is 1. The fourth-order valence-corrected chi connectivity index (χ4v) is 15.5. The summed E-state index contributed by atoms with van der Waals surface area (Å²) in [7, 11) is 0. The van der Waals surface area contributed by atoms with E-state index < -0.39 is 46.4 Å². The predicted molar refractivity (Wildman–Crippen MR) is 207 cm³/mol. The molecule has 2 saturated heterocycles. The van der Waals surface area contributed by atoms with E-state index in [0.717, 1.165) is 95.1 Å². The second-order valence-corrected chi connectivity index (χ2v) is 20.7. The molecule has 9 nitrogen and oxygen atoms in total. The highest BCUT2D eigenvalue weighted by Gasteiger charge is 2.73. The minimum Gasteiger partial charge on any atom is -0.390 e. The lowest BCUT2D eigenvalue weighted by Gasteiger charge is -2.64. The molecule has 8 aliphatic rings. The van der Waals surface area contributed by atoms with E-state index in [9.17, 15) is 30.3 Å². The predicted octanol–water partition coefficient (Wildman–Crippen LogP) is 4.50. The summed E-state index contributed by atoms with van der Waals surface area (Å²) in [4.78, 5) is 14.5. The summed E-state index contributed by atoms with van der Waals surface area (Å²) in [5.41, 5.74) is 3.07. The van der Waals surface area contributed by atoms with Gasteiger partial charge in [-0.25, -0.2) is 0 Å². The summed E-state index contributed by atoms with van der Waals surface area (Å²) in [6.45, 7) is 7.29. The van der Waals surface area contributed by atoms with Crippen molar-refractivity contribution in [3.8, 4) is 0 Å². The van der Waals surface area contributed by atoms with Gasteiger partial charge in [-0.15, -0.1) is 0 Å². The Balaban J connectivity index is 1.11. The highest BCUT2D eigenvalue weighted by Crippen LogP contribution is 2.73. The van der Waals surface area contributed by atoms with Crippen LogP contribution in [0.4, 0.5) is 0 Å². The van der Waals surface area contributed by atoms with Crippen molar-refractivity contribution in [1.29, 1.82) is 0 Å². The molecule has 0 aromatic rings. The molecule has 0 bridgehead atoms. The van der Waals surface area contributed by atoms with E-state index in [2.05, 4.69) is 19.2 Å². The van der Waals surface area contributed by atoms with Gasteiger partial charge in [-0.3, -0.25) is 10.5 Å². The normalized spacial score (nSPS) is 49.9. The molecule has 8 rings (SSSR count). The first-order valence-electron chi connectivity index (χ1n) is 22.8. The van der Waals surface area contributed by atoms with Crippen molar-refractivity contribution in [2.24, 2.45) is 63.9 Å². The molecule has 2 aliphatic heterocycles. The molecule has 6 aliphatic carbocycles. The molecule has 0 aromatic heterocycles. The number of allylic oxidation sites excluding steroid dienone is 1. The number of aliphatic hydroxyl groups is 5. The number of fused-ring (bicyclic) bond motifs is 6. The smallest absolute Gasteiger partial charge is 0.159 e. The van der Waals surface area contributed by atoms with Crippen molar-refractivity contribution in [1.82, 2.24) is 0 Å². The molecule has 17 atom stereocenters. The number of carbonyl (C=O) groups is 1. The molecule has 0 aromatic carbocycles. The SMILES string of the molecule is CCCC1CCC2OC(C(O)C(C)(O)C3CCC4(O)C5=CC(=O)C6CC(O)C(O)CC6(CCC6CCC(N)[NH2+]C6)C5CCC34C3CCCC3)C(C)C2CC1. The highest BCUT2D eigenvalue weighted by atomic mass is 16.5. The van der Waals surface area contributed by atoms with Gasteiger partial charge in [0.2, 0.25) is 0 Å². The van der Waals surface area contributed by atoms with Crippen LogP contribution in [0.1, 0.15) is 149 Å². The maximum atomic E-state index is 14.5. The number of ketones is 1. The van der Waals surface area contributed by atoms with E-state index in [1.54, 1.807) is 6.08 Å². The van der Waals surface area contributed by atoms with Gasteiger partial charge in [0.15, 0.2) is 5.78 Å². The Kier molecular flexibility index (Phi) is 11.1. The molecule has 5 saturated carbocycles. The third-order valence-corrected chi connectivity index (χ3v) is 18.3. The summed E-state index contributed by atoms with van der Waals surface area (Å²) in [6, 6.07) is 0. The number of nitrogens with two attached hydrogens (primary N) is 2. The standard InChI is InChI=1S/C45H74N2O7/c1-4-7-27-10-13-30-26(2)40(54-37(30)14-11-27)41(51)42(3,52)38-18-21-45(53)32-22-34(48)33-23-35(49)36(50)24-43(33,19-16-28-12-15-39(46)47-25-28)31(32)17-20-44(38,45)29-8-5-6-9-29/h22,26-31,33,35-41,47,49-53H,4-21,23-25,46H2,1-3H3/p+1. The summed E-state index contributed by atoms with van der Waals surface area (Å²) in [6.07, 6.45) is 16.7. The molecular formula is C45H75N2O7+. The van der Waals surface area contributed by atoms with Gasteiger partial charge in [-0.05, 0) is 149 Å². The number of hydrogen-bond donors (Lipinski definition) is 7. The maximum absolute atomic E-state index is 14.5. The fourth-order valence-electron chi connectivity index (χ4n) is 15.5. The number of rotatable bonds is 9. The maximum Gasteiger partial charge on any atom is 0.159 e. The number of ether oxygens (including phenoxy) is 1. The second kappa shape index (κ2) is 15.0. The first kappa shape index (κ1) is 39.9. The van der Waals surface area contributed by atoms with Crippen LogP contribution in [0.5, 0.6) is 0 Å². The zero-order chi connectivity index (χ0) is 38.2. The molecule has 0 amide bonds. The number of aliphatic hydroxyl groups excluding tert-OH is 3. The van der Waals surface area contributed by atoms with Gasteiger partial charge in [0.25, 0.3) is 0 Å². The molecule has 306 valence electrons. The Hall–Kier alpha value is -0.910. The Morgan fingerprint density at radius 1 is 0.963 bits per heavy atom. The van der Waals surface area contributed by atoms with Crippen molar-refractivity contribution in [3.63, 3.8) is 0 Å². The van der Waals surface area contributed by atoms with Crippen LogP contribution in [0.3, 0.4) is 0 Å². The molecule has 17 unspecified atom stereocenters. The van der Waals surface area contributed by atoms with Crippen LogP contribution in [0, 0.1) is 58.2 Å². The van der Waals surface area contributed by atoms with Gasteiger partial charge in [0.1, 0.15) is 12.3 Å². The monoisotopic (exact) mass is 756 g/mol. The molecule has 0 spiro atoms. The first-order valence-corrected chi connectivity index (χ1v) is 22.8. The van der Waals surface area contributed by atoms with Crippen LogP contribution >= 0.6 is 0 Å². The number of hydrogen-bond acceptors (Lipinski definition) is 8. The van der Waals surface area contributed by atoms with Gasteiger partial charge >= 0.3 is 0 Å². The lowest BCUT2D eigenvalue weighted by molar-refractivity contribution is -0.703. The van der Waals surface area contributed by atoms with E-state index in [1.807, 2.05) is 6.92 Å². The van der Waals surface area contributed by atoms with Crippen LogP contribution in [0.25, 0.3) is 0 Å². The van der Waals surface area contributed by atoms with E-state index in [4.69, 9.17) is 10.5 Å². The molecule has 9 N–H and O–H groups in total. The first-order chi connectivity index (χ1) is 25.8. The quantitative estimate of drug-likeness (QED) is 0.181. The summed E-state index contributed by atoms with van der Waals surface area (Å²) >= 11 is 0. The van der Waals surface area contributed by atoms with Gasteiger partial charge < -0.3 is 35.6 Å². The lowest BCUT2D eigenvalue weighted by atomic mass is 9.42. The lowest BCUT2D eigenvalue weighted by Crippen LogP contribution is -2.95. The average molecular weight is 756 g/mol. The zero-order valence-electron chi connectivity index (χ0n) is 33.7. The zero-order valence-corrected chi connectivity index (χ0v) is 33.7. The number of quaternary nitrogens is 1. The topological polar surface area (TPSA) is 170 Å². The average Bonchev–Trinajstić information content (AvgIpc) is 3.84. The Morgan fingerprint density at radius 3 is 2.43 bits per heavy atom. The van der Waals surface area contributed by atoms with Crippen molar-refractivity contribution in [3.05, 3.63) is 11.6 Å². The molecule has 54 heavy (non-hydrogen) atoms. The van der Waals surface area contributed by atoms with Gasteiger partial charge in [-0.1, -0.05) is 46.0 Å². The summed E-state index contributed by atoms with van der Waals surface area (Å²) in [5, 5.41) is 63.5. The minimum absolute atomic E-state index is 0.0109. The molecule has 0 radical (unpaired) electrons. The van der Waals surface area contributed by atoms with E-state index in [1.165, 1.54) is 25.7 Å². The van der Waals surface area contributed by atoms with E-state index >= 15 is 0 Å². The summed E-state index contributed by atoms with van der Waals surface area (Å²) in [5.74, 6) is 1.12. The van der Waals surface area contributed by atoms with Crippen molar-refractivity contribution in [2.45, 2.75) is 197 Å². The molecule has 9 heteroatoms. The third-order valence-electron chi connectivity index (χ3n) is 18.3. The summed E-state index contributed by atoms with van der Waals surface area (Å²) < 4.78 is 6.80. The van der Waals surface area contributed by atoms with Crippen LogP contribution in [-0.4, -0.2) is 85.7 Å². The van der Waals surface area contributed by atoms with Crippen molar-refractivity contribution < 1.29 is 40.4 Å². The van der Waals surface area contributed by atoms with Crippen LogP contribution in [-0.2, 0) is 9.53 Å². The van der Waals surface area contributed by atoms with Crippen LogP contribution in [0.15, 0.2) is 11.6 Å². The van der Waals surface area contributed by atoms with Crippen LogP contribution < -0.4 is 11.1 Å². The molecule has 2 heterocycles. The van der Waals surface area contributed by atoms with Crippen molar-refractivity contribution >= 4 is 5.78 Å². The largest absolute Gasteiger partial charge is 0.390 e. The Labute approximate surface area is 324 Å². The third kappa shape index (κ3) is 6.26. The second-order valence-electron chi connectivity index (χ2n) is 20.7. The number of carbonyl (C=O) groups excluding carboxylic acids is 1. The molecular weight excluding hydrogens is 681 g/mol. The van der Waals surface area contributed by atoms with Gasteiger partial charge in [0.05, 0.1) is 42.2 Å². The minimum atomic E-state index is -1.49. The van der Waals surface area contributed by atoms with Gasteiger partial charge in [0, 0.05) is 23.7 Å².